The minimum absolute atomic E-state index is 0.317. The maximum atomic E-state index is 6.82. The summed E-state index contributed by atoms with van der Waals surface area (Å²) in [5.41, 5.74) is 5.32. The van der Waals surface area contributed by atoms with E-state index in [2.05, 4.69) is 60.7 Å². The van der Waals surface area contributed by atoms with Crippen molar-refractivity contribution in [3.63, 3.8) is 0 Å². The second-order valence-corrected chi connectivity index (χ2v) is 11.4. The van der Waals surface area contributed by atoms with Gasteiger partial charge in [0.05, 0.1) is 33.0 Å². The Labute approximate surface area is 272 Å². The normalized spacial score (nSPS) is 20.3. The van der Waals surface area contributed by atoms with E-state index in [0.717, 1.165) is 27.8 Å². The first-order chi connectivity index (χ1) is 22.8. The maximum Gasteiger partial charge on any atom is 0.150 e. The van der Waals surface area contributed by atoms with Gasteiger partial charge in [-0.1, -0.05) is 152 Å². The summed E-state index contributed by atoms with van der Waals surface area (Å²) in [5, 5.41) is 0. The van der Waals surface area contributed by atoms with Gasteiger partial charge in [0.15, 0.2) is 6.10 Å². The largest absolute Gasteiger partial charge is 0.487 e. The molecule has 0 amide bonds. The Morgan fingerprint density at radius 1 is 0.457 bits per heavy atom. The maximum absolute atomic E-state index is 6.82. The van der Waals surface area contributed by atoms with Crippen molar-refractivity contribution in [2.45, 2.75) is 50.8 Å². The van der Waals surface area contributed by atoms with Crippen LogP contribution >= 0.6 is 0 Å². The minimum Gasteiger partial charge on any atom is -0.487 e. The van der Waals surface area contributed by atoms with Crippen molar-refractivity contribution in [3.8, 4) is 0 Å². The van der Waals surface area contributed by atoms with Crippen molar-refractivity contribution in [1.29, 1.82) is 0 Å². The Bertz CT molecular complexity index is 1590. The average molecular weight is 613 g/mol. The molecule has 1 saturated heterocycles. The molecular weight excluding hydrogens is 572 g/mol. The van der Waals surface area contributed by atoms with Gasteiger partial charge in [-0.25, -0.2) is 0 Å². The van der Waals surface area contributed by atoms with Crippen LogP contribution in [0.1, 0.15) is 27.8 Å². The van der Waals surface area contributed by atoms with Gasteiger partial charge in [-0.2, -0.15) is 0 Å². The third-order valence-electron chi connectivity index (χ3n) is 7.90. The molecule has 6 rings (SSSR count). The first kappa shape index (κ1) is 31.5. The molecule has 5 heteroatoms. The van der Waals surface area contributed by atoms with Crippen LogP contribution < -0.4 is 0 Å². The van der Waals surface area contributed by atoms with Crippen LogP contribution in [0, 0.1) is 0 Å². The van der Waals surface area contributed by atoms with E-state index in [1.807, 2.05) is 97.1 Å². The summed E-state index contributed by atoms with van der Waals surface area (Å²) in [7, 11) is 0. The Balaban J connectivity index is 1.34. The Hall–Kier alpha value is -4.52. The lowest BCUT2D eigenvalue weighted by atomic mass is 9.95. The van der Waals surface area contributed by atoms with Gasteiger partial charge in [-0.05, 0) is 33.9 Å². The van der Waals surface area contributed by atoms with Crippen molar-refractivity contribution >= 4 is 6.08 Å². The Kier molecular flexibility index (Phi) is 11.4. The monoisotopic (exact) mass is 612 g/mol. The second-order valence-electron chi connectivity index (χ2n) is 11.4. The van der Waals surface area contributed by atoms with Crippen molar-refractivity contribution in [1.82, 2.24) is 0 Å². The topological polar surface area (TPSA) is 46.2 Å². The fraction of sp³-hybridized carbons (Fsp3) is 0.220. The molecule has 0 unspecified atom stereocenters. The number of benzene rings is 5. The molecule has 1 aliphatic heterocycles. The number of hydrogen-bond acceptors (Lipinski definition) is 5. The number of rotatable bonds is 14. The predicted molar refractivity (Wildman–Crippen MR) is 180 cm³/mol. The van der Waals surface area contributed by atoms with Gasteiger partial charge in [0.25, 0.3) is 0 Å². The van der Waals surface area contributed by atoms with Gasteiger partial charge in [0.2, 0.25) is 0 Å². The summed E-state index contributed by atoms with van der Waals surface area (Å²) in [6, 6.07) is 50.9. The van der Waals surface area contributed by atoms with Crippen LogP contribution in [0.2, 0.25) is 0 Å². The third-order valence-corrected chi connectivity index (χ3v) is 7.90. The fourth-order valence-corrected chi connectivity index (χ4v) is 5.54. The van der Waals surface area contributed by atoms with Crippen molar-refractivity contribution < 1.29 is 23.7 Å². The third kappa shape index (κ3) is 9.03. The van der Waals surface area contributed by atoms with Gasteiger partial charge in [-0.15, -0.1) is 0 Å². The smallest absolute Gasteiger partial charge is 0.150 e. The van der Waals surface area contributed by atoms with E-state index in [4.69, 9.17) is 23.7 Å². The lowest BCUT2D eigenvalue weighted by Gasteiger charge is -2.43. The van der Waals surface area contributed by atoms with E-state index in [1.54, 1.807) is 0 Å². The van der Waals surface area contributed by atoms with Crippen molar-refractivity contribution in [3.05, 3.63) is 185 Å². The zero-order valence-electron chi connectivity index (χ0n) is 25.9. The van der Waals surface area contributed by atoms with Gasteiger partial charge in [0, 0.05) is 0 Å². The SMILES string of the molecule is C(=C1/O[C@H](COCc2ccccc2)[C@@H](OCc2ccccc2)[C@H](OCc2ccccc2)[C@@H]1OCc1ccccc1)/c1ccccc1. The fourth-order valence-electron chi connectivity index (χ4n) is 5.54. The number of hydrogen-bond donors (Lipinski definition) is 0. The van der Waals surface area contributed by atoms with Gasteiger partial charge in [0.1, 0.15) is 24.1 Å². The molecule has 0 aliphatic carbocycles. The highest BCUT2D eigenvalue weighted by molar-refractivity contribution is 5.52. The van der Waals surface area contributed by atoms with Crippen LogP contribution in [0.5, 0.6) is 0 Å². The lowest BCUT2D eigenvalue weighted by molar-refractivity contribution is -0.222. The summed E-state index contributed by atoms with van der Waals surface area (Å²) < 4.78 is 33.4. The molecule has 0 bridgehead atoms. The zero-order valence-corrected chi connectivity index (χ0v) is 25.9. The summed E-state index contributed by atoms with van der Waals surface area (Å²) >= 11 is 0. The van der Waals surface area contributed by atoms with E-state index in [9.17, 15) is 0 Å². The van der Waals surface area contributed by atoms with E-state index in [0.29, 0.717) is 38.8 Å². The molecule has 1 heterocycles. The molecule has 4 atom stereocenters. The Morgan fingerprint density at radius 2 is 0.870 bits per heavy atom. The van der Waals surface area contributed by atoms with Crippen molar-refractivity contribution in [2.75, 3.05) is 6.61 Å². The molecular formula is C41H40O5. The van der Waals surface area contributed by atoms with Gasteiger partial charge >= 0.3 is 0 Å². The van der Waals surface area contributed by atoms with Gasteiger partial charge < -0.3 is 23.7 Å². The minimum atomic E-state index is -0.532. The van der Waals surface area contributed by atoms with Gasteiger partial charge in [-0.3, -0.25) is 0 Å². The highest BCUT2D eigenvalue weighted by Gasteiger charge is 2.46. The molecule has 5 nitrogen and oxygen atoms in total. The molecule has 5 aromatic rings. The van der Waals surface area contributed by atoms with Crippen LogP contribution in [-0.2, 0) is 50.1 Å². The summed E-state index contributed by atoms with van der Waals surface area (Å²) in [6.45, 7) is 1.98. The molecule has 1 aliphatic rings. The van der Waals surface area contributed by atoms with Crippen LogP contribution in [-0.4, -0.2) is 31.0 Å². The summed E-state index contributed by atoms with van der Waals surface area (Å²) in [4.78, 5) is 0. The molecule has 0 radical (unpaired) electrons. The number of ether oxygens (including phenoxy) is 5. The van der Waals surface area contributed by atoms with Crippen LogP contribution in [0.25, 0.3) is 6.08 Å². The highest BCUT2D eigenvalue weighted by atomic mass is 16.6. The van der Waals surface area contributed by atoms with Crippen molar-refractivity contribution in [2.24, 2.45) is 0 Å². The molecule has 234 valence electrons. The van der Waals surface area contributed by atoms with E-state index in [1.165, 1.54) is 0 Å². The van der Waals surface area contributed by atoms with E-state index in [-0.39, 0.29) is 0 Å². The first-order valence-corrected chi connectivity index (χ1v) is 15.8. The second kappa shape index (κ2) is 16.7. The predicted octanol–water partition coefficient (Wildman–Crippen LogP) is 8.40. The van der Waals surface area contributed by atoms with E-state index >= 15 is 0 Å². The quantitative estimate of drug-likeness (QED) is 0.126. The molecule has 5 aromatic carbocycles. The standard InChI is InChI=1S/C41H40O5/c1-6-16-32(17-7-1)26-37-39(43-28-34-20-10-3-11-21-34)41(45-30-36-24-14-5-15-25-36)40(44-29-35-22-12-4-13-23-35)38(46-37)31-42-27-33-18-8-2-9-19-33/h1-26,38-41H,27-31H2/b37-26-/t38-,39-,40-,41-/m1/s1. The molecule has 46 heavy (non-hydrogen) atoms. The molecule has 0 spiro atoms. The first-order valence-electron chi connectivity index (χ1n) is 15.8. The van der Waals surface area contributed by atoms with E-state index < -0.39 is 24.4 Å². The van der Waals surface area contributed by atoms with Crippen LogP contribution in [0.4, 0.5) is 0 Å². The molecule has 0 N–H and O–H groups in total. The lowest BCUT2D eigenvalue weighted by Crippen LogP contribution is -2.56. The Morgan fingerprint density at radius 3 is 1.37 bits per heavy atom. The molecule has 0 saturated carbocycles. The zero-order chi connectivity index (χ0) is 31.2. The summed E-state index contributed by atoms with van der Waals surface area (Å²) in [6.07, 6.45) is 0.108. The van der Waals surface area contributed by atoms with Crippen LogP contribution in [0.15, 0.2) is 157 Å². The average Bonchev–Trinajstić information content (AvgIpc) is 3.12. The highest BCUT2D eigenvalue weighted by Crippen LogP contribution is 2.34. The molecule has 0 aromatic heterocycles. The molecule has 1 fully saturated rings. The summed E-state index contributed by atoms with van der Waals surface area (Å²) in [5.74, 6) is 0.688. The van der Waals surface area contributed by atoms with Crippen LogP contribution in [0.3, 0.4) is 0 Å².